The van der Waals surface area contributed by atoms with Crippen LogP contribution in [0.3, 0.4) is 0 Å². The van der Waals surface area contributed by atoms with Crippen LogP contribution in [-0.2, 0) is 11.2 Å². The van der Waals surface area contributed by atoms with Gasteiger partial charge in [0, 0.05) is 6.42 Å². The highest BCUT2D eigenvalue weighted by Gasteiger charge is 2.22. The normalized spacial score (nSPS) is 12.0. The van der Waals surface area contributed by atoms with E-state index in [0.29, 0.717) is 12.2 Å². The molecule has 3 nitrogen and oxygen atoms in total. The number of carboxylic acids is 1. The summed E-state index contributed by atoms with van der Waals surface area (Å²) in [6.45, 7) is 7.93. The number of aryl methyl sites for hydroxylation is 3. The summed E-state index contributed by atoms with van der Waals surface area (Å²) in [5.41, 5.74) is 5.24. The average molecular weight is 298 g/mol. The molecule has 0 saturated carbocycles. The molecule has 0 aliphatic carbocycles. The third-order valence-electron chi connectivity index (χ3n) is 3.98. The molecule has 22 heavy (non-hydrogen) atoms. The number of rotatable bonds is 5. The Morgan fingerprint density at radius 3 is 2.41 bits per heavy atom. The minimum atomic E-state index is -0.943. The zero-order valence-electron chi connectivity index (χ0n) is 13.5. The van der Waals surface area contributed by atoms with Gasteiger partial charge in [0.1, 0.15) is 5.75 Å². The Bertz CT molecular complexity index is 689. The molecule has 0 radical (unpaired) electrons. The van der Waals surface area contributed by atoms with Crippen molar-refractivity contribution in [3.8, 4) is 5.75 Å². The molecule has 0 fully saturated rings. The van der Waals surface area contributed by atoms with Gasteiger partial charge in [-0.05, 0) is 61.6 Å². The van der Waals surface area contributed by atoms with Crippen molar-refractivity contribution in [2.45, 2.75) is 40.2 Å². The molecule has 2 aromatic rings. The fraction of sp³-hybridized carbons (Fsp3) is 0.316. The van der Waals surface area contributed by atoms with Crippen LogP contribution >= 0.6 is 0 Å². The molecule has 0 spiro atoms. The molecule has 1 N–H and O–H groups in total. The first kappa shape index (κ1) is 16.1. The van der Waals surface area contributed by atoms with Crippen LogP contribution in [0.4, 0.5) is 0 Å². The van der Waals surface area contributed by atoms with E-state index < -0.39 is 12.1 Å². The Balaban J connectivity index is 2.27. The van der Waals surface area contributed by atoms with Gasteiger partial charge in [-0.2, -0.15) is 0 Å². The Hall–Kier alpha value is -2.29. The fourth-order valence-electron chi connectivity index (χ4n) is 2.49. The Labute approximate surface area is 131 Å². The van der Waals surface area contributed by atoms with E-state index in [4.69, 9.17) is 4.74 Å². The van der Waals surface area contributed by atoms with Crippen LogP contribution in [-0.4, -0.2) is 17.2 Å². The van der Waals surface area contributed by atoms with E-state index in [1.54, 1.807) is 0 Å². The second-order valence-electron chi connectivity index (χ2n) is 5.78. The fourth-order valence-corrected chi connectivity index (χ4v) is 2.49. The van der Waals surface area contributed by atoms with E-state index >= 15 is 0 Å². The maximum Gasteiger partial charge on any atom is 0.345 e. The lowest BCUT2D eigenvalue weighted by Gasteiger charge is -2.19. The van der Waals surface area contributed by atoms with E-state index in [1.807, 2.05) is 58.0 Å². The summed E-state index contributed by atoms with van der Waals surface area (Å²) in [5, 5.41) is 9.49. The molecule has 0 heterocycles. The van der Waals surface area contributed by atoms with Gasteiger partial charge in [0.2, 0.25) is 0 Å². The minimum Gasteiger partial charge on any atom is -0.478 e. The van der Waals surface area contributed by atoms with Crippen molar-refractivity contribution in [1.29, 1.82) is 0 Å². The largest absolute Gasteiger partial charge is 0.478 e. The third-order valence-corrected chi connectivity index (χ3v) is 3.98. The summed E-state index contributed by atoms with van der Waals surface area (Å²) >= 11 is 0. The van der Waals surface area contributed by atoms with Gasteiger partial charge in [-0.25, -0.2) is 4.79 Å². The number of carbonyl (C=O) groups is 1. The maximum atomic E-state index is 11.6. The van der Waals surface area contributed by atoms with Gasteiger partial charge in [0.25, 0.3) is 0 Å². The lowest BCUT2D eigenvalue weighted by atomic mass is 10.0. The second kappa shape index (κ2) is 6.65. The van der Waals surface area contributed by atoms with Crippen LogP contribution in [0.2, 0.25) is 0 Å². The van der Waals surface area contributed by atoms with Crippen molar-refractivity contribution in [2.75, 3.05) is 0 Å². The average Bonchev–Trinajstić information content (AvgIpc) is 2.45. The smallest absolute Gasteiger partial charge is 0.345 e. The summed E-state index contributed by atoms with van der Waals surface area (Å²) in [6, 6.07) is 11.8. The quantitative estimate of drug-likeness (QED) is 0.907. The summed E-state index contributed by atoms with van der Waals surface area (Å²) in [7, 11) is 0. The number of benzene rings is 2. The van der Waals surface area contributed by atoms with Gasteiger partial charge in [-0.1, -0.05) is 30.3 Å². The molecule has 2 aromatic carbocycles. The van der Waals surface area contributed by atoms with E-state index in [2.05, 4.69) is 6.07 Å². The second-order valence-corrected chi connectivity index (χ2v) is 5.78. The lowest BCUT2D eigenvalue weighted by molar-refractivity contribution is -0.145. The van der Waals surface area contributed by atoms with Crippen molar-refractivity contribution in [3.63, 3.8) is 0 Å². The highest BCUT2D eigenvalue weighted by Crippen LogP contribution is 2.25. The Kier molecular flexibility index (Phi) is 4.86. The van der Waals surface area contributed by atoms with E-state index in [1.165, 1.54) is 0 Å². The highest BCUT2D eigenvalue weighted by atomic mass is 16.5. The summed E-state index contributed by atoms with van der Waals surface area (Å²) in [4.78, 5) is 11.6. The van der Waals surface area contributed by atoms with Crippen molar-refractivity contribution < 1.29 is 14.6 Å². The first-order chi connectivity index (χ1) is 10.4. The first-order valence-electron chi connectivity index (χ1n) is 7.40. The molecule has 0 aliphatic heterocycles. The van der Waals surface area contributed by atoms with Crippen LogP contribution < -0.4 is 4.74 Å². The van der Waals surface area contributed by atoms with E-state index in [-0.39, 0.29) is 0 Å². The predicted octanol–water partition coefficient (Wildman–Crippen LogP) is 3.99. The van der Waals surface area contributed by atoms with Gasteiger partial charge >= 0.3 is 5.97 Å². The third kappa shape index (κ3) is 3.67. The number of ether oxygens (including phenoxy) is 1. The molecular weight excluding hydrogens is 276 g/mol. The lowest BCUT2D eigenvalue weighted by Crippen LogP contribution is -2.30. The van der Waals surface area contributed by atoms with Crippen molar-refractivity contribution >= 4 is 5.97 Å². The Morgan fingerprint density at radius 2 is 1.77 bits per heavy atom. The van der Waals surface area contributed by atoms with Gasteiger partial charge in [-0.3, -0.25) is 0 Å². The topological polar surface area (TPSA) is 46.5 Å². The number of hydrogen-bond acceptors (Lipinski definition) is 2. The van der Waals surface area contributed by atoms with Gasteiger partial charge < -0.3 is 9.84 Å². The SMILES string of the molecule is Cc1cc(C)c(C)c(O[C@@H](Cc2ccccc2C)C(=O)O)c1. The number of hydrogen-bond donors (Lipinski definition) is 1. The summed E-state index contributed by atoms with van der Waals surface area (Å²) < 4.78 is 5.83. The molecule has 0 unspecified atom stereocenters. The summed E-state index contributed by atoms with van der Waals surface area (Å²) in [5.74, 6) is -0.291. The maximum absolute atomic E-state index is 11.6. The zero-order valence-corrected chi connectivity index (χ0v) is 13.5. The molecule has 0 bridgehead atoms. The molecule has 1 atom stereocenters. The van der Waals surface area contributed by atoms with E-state index in [0.717, 1.165) is 27.8 Å². The van der Waals surface area contributed by atoms with Crippen LogP contribution in [0.5, 0.6) is 5.75 Å². The zero-order chi connectivity index (χ0) is 16.3. The van der Waals surface area contributed by atoms with Crippen molar-refractivity contribution in [2.24, 2.45) is 0 Å². The molecule has 2 rings (SSSR count). The van der Waals surface area contributed by atoms with Gasteiger partial charge in [-0.15, -0.1) is 0 Å². The number of aliphatic carboxylic acids is 1. The minimum absolute atomic E-state index is 0.356. The van der Waals surface area contributed by atoms with Crippen LogP contribution in [0.1, 0.15) is 27.8 Å². The van der Waals surface area contributed by atoms with Crippen molar-refractivity contribution in [3.05, 3.63) is 64.2 Å². The predicted molar refractivity (Wildman–Crippen MR) is 87.6 cm³/mol. The first-order valence-corrected chi connectivity index (χ1v) is 7.40. The Morgan fingerprint density at radius 1 is 1.09 bits per heavy atom. The van der Waals surface area contributed by atoms with Crippen LogP contribution in [0.25, 0.3) is 0 Å². The molecule has 0 aromatic heterocycles. The van der Waals surface area contributed by atoms with Gasteiger partial charge in [0.05, 0.1) is 0 Å². The molecular formula is C19H22O3. The molecule has 0 amide bonds. The van der Waals surface area contributed by atoms with Gasteiger partial charge in [0.15, 0.2) is 6.10 Å². The monoisotopic (exact) mass is 298 g/mol. The highest BCUT2D eigenvalue weighted by molar-refractivity contribution is 5.73. The van der Waals surface area contributed by atoms with Crippen LogP contribution in [0, 0.1) is 27.7 Å². The standard InChI is InChI=1S/C19H22O3/c1-12-9-14(3)15(4)17(10-12)22-18(19(20)21)11-16-8-6-5-7-13(16)2/h5-10,18H,11H2,1-4H3,(H,20,21)/t18-/m0/s1. The number of carboxylic acid groups (broad SMARTS) is 1. The molecule has 116 valence electrons. The summed E-state index contributed by atoms with van der Waals surface area (Å²) in [6.07, 6.45) is -0.532. The molecule has 0 saturated heterocycles. The van der Waals surface area contributed by atoms with Crippen LogP contribution in [0.15, 0.2) is 36.4 Å². The van der Waals surface area contributed by atoms with E-state index in [9.17, 15) is 9.90 Å². The molecule has 3 heteroatoms. The molecule has 0 aliphatic rings. The van der Waals surface area contributed by atoms with Crippen molar-refractivity contribution in [1.82, 2.24) is 0 Å².